The van der Waals surface area contributed by atoms with E-state index in [9.17, 15) is 9.90 Å². The van der Waals surface area contributed by atoms with E-state index in [1.165, 1.54) is 0 Å². The van der Waals surface area contributed by atoms with Crippen molar-refractivity contribution in [1.29, 1.82) is 0 Å². The van der Waals surface area contributed by atoms with Crippen LogP contribution >= 0.6 is 15.9 Å². The van der Waals surface area contributed by atoms with Crippen molar-refractivity contribution in [1.82, 2.24) is 10.3 Å². The van der Waals surface area contributed by atoms with Crippen LogP contribution in [0.5, 0.6) is 11.5 Å². The molecule has 29 heavy (non-hydrogen) atoms. The van der Waals surface area contributed by atoms with Crippen LogP contribution in [0.2, 0.25) is 0 Å². The minimum Gasteiger partial charge on any atom is -0.490 e. The molecule has 0 radical (unpaired) electrons. The highest BCUT2D eigenvalue weighted by Gasteiger charge is 2.20. The number of para-hydroxylation sites is 1. The Kier molecular flexibility index (Phi) is 7.17. The zero-order valence-electron chi connectivity index (χ0n) is 16.5. The number of aliphatic carboxylic acids is 1. The number of carboxylic acid groups (broad SMARTS) is 1. The Morgan fingerprint density at radius 2 is 1.97 bits per heavy atom. The number of halogens is 1. The fraction of sp³-hybridized carbons (Fsp3) is 0.318. The number of ether oxygens (including phenoxy) is 2. The first kappa shape index (κ1) is 21.2. The summed E-state index contributed by atoms with van der Waals surface area (Å²) in [6.07, 6.45) is 2.26. The van der Waals surface area contributed by atoms with E-state index in [2.05, 4.69) is 26.2 Å². The third-order valence-corrected chi connectivity index (χ3v) is 5.20. The molecule has 0 amide bonds. The lowest BCUT2D eigenvalue weighted by Gasteiger charge is -2.17. The van der Waals surface area contributed by atoms with Gasteiger partial charge in [-0.1, -0.05) is 18.2 Å². The Balaban J connectivity index is 1.76. The maximum Gasteiger partial charge on any atom is 0.321 e. The van der Waals surface area contributed by atoms with E-state index in [1.807, 2.05) is 56.4 Å². The van der Waals surface area contributed by atoms with Gasteiger partial charge in [-0.15, -0.1) is 0 Å². The van der Waals surface area contributed by atoms with E-state index in [-0.39, 0.29) is 0 Å². The summed E-state index contributed by atoms with van der Waals surface area (Å²) in [6, 6.07) is 11.0. The molecule has 3 aromatic rings. The third-order valence-electron chi connectivity index (χ3n) is 4.61. The van der Waals surface area contributed by atoms with Crippen molar-refractivity contribution in [2.45, 2.75) is 32.9 Å². The Hall–Kier alpha value is -2.51. The molecule has 154 valence electrons. The molecular formula is C22H25BrN2O4. The molecule has 0 aliphatic rings. The number of fused-ring (bicyclic) bond motifs is 1. The van der Waals surface area contributed by atoms with E-state index >= 15 is 0 Å². The lowest BCUT2D eigenvalue weighted by molar-refractivity contribution is -0.139. The van der Waals surface area contributed by atoms with Crippen molar-refractivity contribution in [2.24, 2.45) is 0 Å². The molecule has 1 heterocycles. The molecule has 0 aliphatic heterocycles. The summed E-state index contributed by atoms with van der Waals surface area (Å²) in [5.41, 5.74) is 2.89. The van der Waals surface area contributed by atoms with Gasteiger partial charge in [0.15, 0.2) is 11.5 Å². The number of hydrogen-bond acceptors (Lipinski definition) is 4. The monoisotopic (exact) mass is 460 g/mol. The first-order chi connectivity index (χ1) is 14.0. The van der Waals surface area contributed by atoms with E-state index in [4.69, 9.17) is 9.47 Å². The SMILES string of the molecule is CCOc1cc(CN[C@@H](Cc2c[nH]c3ccccc23)C(=O)O)cc(Br)c1OCC. The zero-order valence-corrected chi connectivity index (χ0v) is 18.1. The summed E-state index contributed by atoms with van der Waals surface area (Å²) in [5.74, 6) is 0.418. The molecule has 3 rings (SSSR count). The molecule has 0 unspecified atom stereocenters. The van der Waals surface area contributed by atoms with Crippen LogP contribution in [0.4, 0.5) is 0 Å². The van der Waals surface area contributed by atoms with Gasteiger partial charge in [0, 0.05) is 30.1 Å². The highest BCUT2D eigenvalue weighted by molar-refractivity contribution is 9.10. The van der Waals surface area contributed by atoms with Crippen molar-refractivity contribution >= 4 is 32.8 Å². The van der Waals surface area contributed by atoms with Gasteiger partial charge in [0.05, 0.1) is 17.7 Å². The van der Waals surface area contributed by atoms with E-state index in [0.717, 1.165) is 26.5 Å². The second-order valence-electron chi connectivity index (χ2n) is 6.61. The maximum absolute atomic E-state index is 11.8. The predicted octanol–water partition coefficient (Wildman–Crippen LogP) is 4.51. The van der Waals surface area contributed by atoms with Crippen LogP contribution < -0.4 is 14.8 Å². The van der Waals surface area contributed by atoms with E-state index in [0.29, 0.717) is 37.7 Å². The van der Waals surface area contributed by atoms with Gasteiger partial charge in [-0.05, 0) is 59.1 Å². The summed E-state index contributed by atoms with van der Waals surface area (Å²) >= 11 is 3.53. The number of nitrogens with one attached hydrogen (secondary N) is 2. The second kappa shape index (κ2) is 9.80. The molecule has 3 N–H and O–H groups in total. The van der Waals surface area contributed by atoms with Crippen LogP contribution in [0.3, 0.4) is 0 Å². The zero-order chi connectivity index (χ0) is 20.8. The maximum atomic E-state index is 11.8. The summed E-state index contributed by atoms with van der Waals surface area (Å²) in [5, 5.41) is 13.9. The highest BCUT2D eigenvalue weighted by atomic mass is 79.9. The number of carbonyl (C=O) groups is 1. The van der Waals surface area contributed by atoms with Crippen LogP contribution in [-0.2, 0) is 17.8 Å². The standard InChI is InChI=1S/C22H25BrN2O4/c1-3-28-20-10-14(9-17(23)21(20)29-4-2)12-24-19(22(26)27)11-15-13-25-18-8-6-5-7-16(15)18/h5-10,13,19,24-25H,3-4,11-12H2,1-2H3,(H,26,27)/t19-/m0/s1. The molecule has 1 atom stereocenters. The number of aromatic amines is 1. The average Bonchev–Trinajstić information content (AvgIpc) is 3.10. The van der Waals surface area contributed by atoms with Crippen LogP contribution in [0, 0.1) is 0 Å². The number of carboxylic acids is 1. The summed E-state index contributed by atoms with van der Waals surface area (Å²) in [7, 11) is 0. The molecule has 0 saturated carbocycles. The van der Waals surface area contributed by atoms with Gasteiger partial charge in [0.1, 0.15) is 6.04 Å². The normalized spacial score (nSPS) is 12.1. The number of aromatic nitrogens is 1. The summed E-state index contributed by atoms with van der Waals surface area (Å²) < 4.78 is 12.1. The highest BCUT2D eigenvalue weighted by Crippen LogP contribution is 2.37. The Morgan fingerprint density at radius 3 is 2.69 bits per heavy atom. The van der Waals surface area contributed by atoms with Crippen molar-refractivity contribution in [3.05, 3.63) is 58.2 Å². The minimum atomic E-state index is -0.884. The van der Waals surface area contributed by atoms with Gasteiger partial charge in [-0.3, -0.25) is 4.79 Å². The van der Waals surface area contributed by atoms with Crippen molar-refractivity contribution in [3.63, 3.8) is 0 Å². The molecule has 0 spiro atoms. The number of benzene rings is 2. The van der Waals surface area contributed by atoms with E-state index < -0.39 is 12.0 Å². The van der Waals surface area contributed by atoms with Crippen LogP contribution in [0.1, 0.15) is 25.0 Å². The largest absolute Gasteiger partial charge is 0.490 e. The first-order valence-corrected chi connectivity index (χ1v) is 10.4. The predicted molar refractivity (Wildman–Crippen MR) is 117 cm³/mol. The molecule has 0 saturated heterocycles. The number of hydrogen-bond donors (Lipinski definition) is 3. The van der Waals surface area contributed by atoms with Crippen LogP contribution in [-0.4, -0.2) is 35.3 Å². The summed E-state index contributed by atoms with van der Waals surface area (Å²) in [6.45, 7) is 5.27. The van der Waals surface area contributed by atoms with Crippen LogP contribution in [0.15, 0.2) is 47.1 Å². The smallest absolute Gasteiger partial charge is 0.321 e. The van der Waals surface area contributed by atoms with Gasteiger partial charge in [0.2, 0.25) is 0 Å². The Morgan fingerprint density at radius 1 is 1.21 bits per heavy atom. The molecule has 0 fully saturated rings. The van der Waals surface area contributed by atoms with Gasteiger partial charge in [-0.2, -0.15) is 0 Å². The first-order valence-electron chi connectivity index (χ1n) is 9.62. The van der Waals surface area contributed by atoms with Gasteiger partial charge in [0.25, 0.3) is 0 Å². The second-order valence-corrected chi connectivity index (χ2v) is 7.46. The van der Waals surface area contributed by atoms with Gasteiger partial charge < -0.3 is 24.9 Å². The lowest BCUT2D eigenvalue weighted by Crippen LogP contribution is -2.38. The fourth-order valence-corrected chi connectivity index (χ4v) is 3.88. The topological polar surface area (TPSA) is 83.6 Å². The minimum absolute atomic E-state index is 0.385. The third kappa shape index (κ3) is 5.10. The number of H-pyrrole nitrogens is 1. The fourth-order valence-electron chi connectivity index (χ4n) is 3.28. The van der Waals surface area contributed by atoms with Crippen molar-refractivity contribution < 1.29 is 19.4 Å². The molecule has 2 aromatic carbocycles. The van der Waals surface area contributed by atoms with Gasteiger partial charge in [-0.25, -0.2) is 0 Å². The Bertz CT molecular complexity index is 986. The molecule has 0 bridgehead atoms. The van der Waals surface area contributed by atoms with Crippen molar-refractivity contribution in [3.8, 4) is 11.5 Å². The molecule has 6 nitrogen and oxygen atoms in total. The molecule has 7 heteroatoms. The number of rotatable bonds is 10. The van der Waals surface area contributed by atoms with E-state index in [1.54, 1.807) is 0 Å². The molecule has 1 aromatic heterocycles. The Labute approximate surface area is 178 Å². The average molecular weight is 461 g/mol. The van der Waals surface area contributed by atoms with Gasteiger partial charge >= 0.3 is 5.97 Å². The molecular weight excluding hydrogens is 436 g/mol. The van der Waals surface area contributed by atoms with Crippen molar-refractivity contribution in [2.75, 3.05) is 13.2 Å². The summed E-state index contributed by atoms with van der Waals surface area (Å²) in [4.78, 5) is 15.0. The molecule has 0 aliphatic carbocycles. The quantitative estimate of drug-likeness (QED) is 0.414. The lowest BCUT2D eigenvalue weighted by atomic mass is 10.0. The van der Waals surface area contributed by atoms with Crippen LogP contribution in [0.25, 0.3) is 10.9 Å².